The average Bonchev–Trinajstić information content (AvgIpc) is 2.81. The zero-order valence-electron chi connectivity index (χ0n) is 10.5. The highest BCUT2D eigenvalue weighted by Gasteiger charge is 2.23. The van der Waals surface area contributed by atoms with Gasteiger partial charge in [0.1, 0.15) is 24.9 Å². The minimum absolute atomic E-state index is 0.0403. The van der Waals surface area contributed by atoms with E-state index in [1.165, 1.54) is 0 Å². The summed E-state index contributed by atoms with van der Waals surface area (Å²) in [6.07, 6.45) is 0. The molecule has 0 amide bonds. The van der Waals surface area contributed by atoms with Gasteiger partial charge in [0, 0.05) is 0 Å². The van der Waals surface area contributed by atoms with Crippen molar-refractivity contribution in [2.45, 2.75) is 0 Å². The fourth-order valence-corrected chi connectivity index (χ4v) is 1.73. The maximum atomic E-state index is 11.6. The largest absolute Gasteiger partial charge is 0.462 e. The molecule has 0 saturated carbocycles. The van der Waals surface area contributed by atoms with Crippen LogP contribution in [0.1, 0.15) is 0 Å². The number of nitrogens with two attached hydrogens (primary N) is 1. The lowest BCUT2D eigenvalue weighted by molar-refractivity contribution is -0.142. The second-order valence-corrected chi connectivity index (χ2v) is 4.18. The number of nitrogens with zero attached hydrogens (tertiary/aromatic N) is 2. The molecule has 110 valence electrons. The fraction of sp³-hybridized carbons (Fsp3) is 0.500. The predicted octanol–water partition coefficient (Wildman–Crippen LogP) is -0.702. The molecule has 20 heavy (non-hydrogen) atoms. The fourth-order valence-electron chi connectivity index (χ4n) is 1.65. The number of carbonyl (C=O) groups is 1. The lowest BCUT2D eigenvalue weighted by Gasteiger charge is -2.16. The molecule has 0 bridgehead atoms. The van der Waals surface area contributed by atoms with Gasteiger partial charge in [-0.05, 0) is 0 Å². The van der Waals surface area contributed by atoms with E-state index in [0.29, 0.717) is 18.2 Å². The van der Waals surface area contributed by atoms with E-state index in [1.54, 1.807) is 4.90 Å². The van der Waals surface area contributed by atoms with Gasteiger partial charge in [-0.3, -0.25) is 14.6 Å². The van der Waals surface area contributed by atoms with Crippen LogP contribution in [-0.2, 0) is 14.3 Å². The Morgan fingerprint density at radius 3 is 3.05 bits per heavy atom. The maximum Gasteiger partial charge on any atom is 0.320 e. The quantitative estimate of drug-likeness (QED) is 0.358. The summed E-state index contributed by atoms with van der Waals surface area (Å²) < 4.78 is 10.1. The van der Waals surface area contributed by atoms with Gasteiger partial charge in [-0.1, -0.05) is 0 Å². The van der Waals surface area contributed by atoms with Crippen molar-refractivity contribution in [2.75, 3.05) is 48.4 Å². The van der Waals surface area contributed by atoms with Crippen molar-refractivity contribution < 1.29 is 14.3 Å². The van der Waals surface area contributed by atoms with Crippen LogP contribution < -0.4 is 21.5 Å². The Kier molecular flexibility index (Phi) is 4.64. The third-order valence-electron chi connectivity index (χ3n) is 2.51. The Morgan fingerprint density at radius 1 is 1.50 bits per heavy atom. The van der Waals surface area contributed by atoms with Gasteiger partial charge >= 0.3 is 5.97 Å². The van der Waals surface area contributed by atoms with Crippen molar-refractivity contribution in [3.63, 3.8) is 0 Å². The summed E-state index contributed by atoms with van der Waals surface area (Å²) in [6, 6.07) is 0. The first-order valence-corrected chi connectivity index (χ1v) is 6.33. The molecule has 0 spiro atoms. The van der Waals surface area contributed by atoms with Gasteiger partial charge in [-0.15, -0.1) is 11.6 Å². The minimum Gasteiger partial charge on any atom is -0.462 e. The number of carbonyl (C=O) groups excluding carboxylic acids is 1. The topological polar surface area (TPSA) is 123 Å². The van der Waals surface area contributed by atoms with Gasteiger partial charge in [-0.2, -0.15) is 4.98 Å². The van der Waals surface area contributed by atoms with Crippen LogP contribution in [0.2, 0.25) is 0 Å². The molecule has 0 radical (unpaired) electrons. The van der Waals surface area contributed by atoms with E-state index >= 15 is 0 Å². The number of fused-ring (bicyclic) bond motifs is 1. The molecule has 9 nitrogen and oxygen atoms in total. The molecule has 1 aliphatic rings. The minimum atomic E-state index is -0.496. The molecule has 2 heterocycles. The van der Waals surface area contributed by atoms with Crippen LogP contribution in [0.15, 0.2) is 4.79 Å². The number of esters is 1. The van der Waals surface area contributed by atoms with E-state index in [0.717, 1.165) is 0 Å². The molecule has 0 fully saturated rings. The summed E-state index contributed by atoms with van der Waals surface area (Å²) in [5.74, 6) is -0.206. The smallest absolute Gasteiger partial charge is 0.320 e. The summed E-state index contributed by atoms with van der Waals surface area (Å²) in [7, 11) is 0. The zero-order valence-corrected chi connectivity index (χ0v) is 11.3. The Balaban J connectivity index is 1.83. The highest BCUT2D eigenvalue weighted by Crippen LogP contribution is 2.24. The van der Waals surface area contributed by atoms with Crippen molar-refractivity contribution in [3.05, 3.63) is 10.4 Å². The van der Waals surface area contributed by atoms with E-state index in [-0.39, 0.29) is 37.3 Å². The number of alkyl halides is 1. The van der Waals surface area contributed by atoms with Crippen LogP contribution in [-0.4, -0.2) is 48.4 Å². The number of aromatic nitrogens is 2. The monoisotopic (exact) mass is 303 g/mol. The average molecular weight is 304 g/mol. The summed E-state index contributed by atoms with van der Waals surface area (Å²) in [5.41, 5.74) is 5.52. The first kappa shape index (κ1) is 14.4. The third kappa shape index (κ3) is 3.31. The summed E-state index contributed by atoms with van der Waals surface area (Å²) in [4.78, 5) is 30.5. The number of hydrogen-bond donors (Lipinski definition) is 3. The van der Waals surface area contributed by atoms with E-state index in [4.69, 9.17) is 26.8 Å². The van der Waals surface area contributed by atoms with Crippen molar-refractivity contribution in [3.8, 4) is 0 Å². The molecule has 1 aromatic heterocycles. The maximum absolute atomic E-state index is 11.6. The number of halogens is 1. The predicted molar refractivity (Wildman–Crippen MR) is 72.7 cm³/mol. The number of nitrogens with one attached hydrogen (secondary N) is 2. The van der Waals surface area contributed by atoms with Crippen molar-refractivity contribution in [2.24, 2.45) is 0 Å². The summed E-state index contributed by atoms with van der Waals surface area (Å²) >= 11 is 5.27. The Labute approximate surface area is 119 Å². The summed E-state index contributed by atoms with van der Waals surface area (Å²) in [5, 5.41) is 2.90. The second kappa shape index (κ2) is 6.44. The summed E-state index contributed by atoms with van der Waals surface area (Å²) in [6.45, 7) is 0.905. The van der Waals surface area contributed by atoms with Crippen LogP contribution in [0.5, 0.6) is 0 Å². The number of rotatable bonds is 6. The van der Waals surface area contributed by atoms with Crippen LogP contribution >= 0.6 is 11.6 Å². The van der Waals surface area contributed by atoms with E-state index < -0.39 is 5.97 Å². The molecule has 0 aromatic carbocycles. The van der Waals surface area contributed by atoms with Crippen LogP contribution in [0, 0.1) is 0 Å². The first-order chi connectivity index (χ1) is 9.61. The highest BCUT2D eigenvalue weighted by molar-refractivity contribution is 6.26. The Morgan fingerprint density at radius 2 is 2.30 bits per heavy atom. The van der Waals surface area contributed by atoms with Gasteiger partial charge in [0.25, 0.3) is 5.56 Å². The lowest BCUT2D eigenvalue weighted by atomic mass is 10.5. The lowest BCUT2D eigenvalue weighted by Crippen LogP contribution is -2.27. The number of anilines is 3. The van der Waals surface area contributed by atoms with E-state index in [9.17, 15) is 9.59 Å². The zero-order chi connectivity index (χ0) is 14.5. The molecule has 10 heteroatoms. The normalized spacial score (nSPS) is 12.9. The molecule has 0 saturated heterocycles. The SMILES string of the molecule is Nc1nc2c(c(=O)[nH]1)NCN2COCCOC(=O)CCl. The number of H-pyrrole nitrogens is 1. The molecule has 1 aromatic rings. The van der Waals surface area contributed by atoms with Gasteiger partial charge in [-0.25, -0.2) is 0 Å². The Bertz CT molecular complexity index is 549. The number of hydrogen-bond acceptors (Lipinski definition) is 8. The molecule has 4 N–H and O–H groups in total. The van der Waals surface area contributed by atoms with Gasteiger partial charge in [0.15, 0.2) is 5.82 Å². The number of nitrogen functional groups attached to an aromatic ring is 1. The van der Waals surface area contributed by atoms with Crippen LogP contribution in [0.25, 0.3) is 0 Å². The molecule has 0 unspecified atom stereocenters. The van der Waals surface area contributed by atoms with Crippen molar-refractivity contribution >= 4 is 35.0 Å². The molecular weight excluding hydrogens is 290 g/mol. The third-order valence-corrected chi connectivity index (χ3v) is 2.73. The van der Waals surface area contributed by atoms with Gasteiger partial charge in [0.2, 0.25) is 5.95 Å². The van der Waals surface area contributed by atoms with E-state index in [1.807, 2.05) is 0 Å². The standard InChI is InChI=1S/C10H14ClN5O4/c11-3-6(17)20-2-1-19-5-16-4-13-7-8(16)14-10(12)15-9(7)18/h13H,1-5H2,(H3,12,14,15,18). The molecule has 0 atom stereocenters. The first-order valence-electron chi connectivity index (χ1n) is 5.79. The van der Waals surface area contributed by atoms with Gasteiger partial charge in [0.05, 0.1) is 13.3 Å². The second-order valence-electron chi connectivity index (χ2n) is 3.92. The molecular formula is C10H14ClN5O4. The number of ether oxygens (including phenoxy) is 2. The van der Waals surface area contributed by atoms with Gasteiger partial charge < -0.3 is 25.4 Å². The molecule has 1 aliphatic heterocycles. The van der Waals surface area contributed by atoms with Crippen molar-refractivity contribution in [1.29, 1.82) is 0 Å². The highest BCUT2D eigenvalue weighted by atomic mass is 35.5. The van der Waals surface area contributed by atoms with Crippen molar-refractivity contribution in [1.82, 2.24) is 9.97 Å². The molecule has 0 aliphatic carbocycles. The van der Waals surface area contributed by atoms with E-state index in [2.05, 4.69) is 15.3 Å². The number of aromatic amines is 1. The van der Waals surface area contributed by atoms with Crippen LogP contribution in [0.4, 0.5) is 17.5 Å². The van der Waals surface area contributed by atoms with Crippen LogP contribution in [0.3, 0.4) is 0 Å². The Hall–Kier alpha value is -2.00. The molecule has 2 rings (SSSR count).